The van der Waals surface area contributed by atoms with Crippen molar-refractivity contribution in [3.63, 3.8) is 0 Å². The van der Waals surface area contributed by atoms with Crippen LogP contribution < -0.4 is 4.74 Å². The maximum atomic E-state index is 13.6. The average molecular weight is 223 g/mol. The van der Waals surface area contributed by atoms with Gasteiger partial charge in [0.1, 0.15) is 5.82 Å². The molecule has 0 aliphatic carbocycles. The highest BCUT2D eigenvalue weighted by molar-refractivity contribution is 6.01. The molecule has 0 radical (unpaired) electrons. The quantitative estimate of drug-likeness (QED) is 0.793. The summed E-state index contributed by atoms with van der Waals surface area (Å²) >= 11 is 0. The Morgan fingerprint density at radius 3 is 2.75 bits per heavy atom. The molecule has 1 heterocycles. The Morgan fingerprint density at radius 1 is 1.38 bits per heavy atom. The molecular formula is C11H10FNO3. The second-order valence-electron chi connectivity index (χ2n) is 3.19. The molecular weight excluding hydrogens is 213 g/mol. The fraction of sp³-hybridized carbons (Fsp3) is 0.182. The molecule has 84 valence electrons. The number of carbonyl (C=O) groups is 1. The standard InChI is InChI=1S/C11H10FNO3/c1-15-10-8-6(12)4-3-5-7(8)13-9(10)11(14)16-2/h3-5,13H,1-2H3. The van der Waals surface area contributed by atoms with Crippen LogP contribution >= 0.6 is 0 Å². The molecule has 0 saturated carbocycles. The zero-order valence-electron chi connectivity index (χ0n) is 8.83. The Hall–Kier alpha value is -2.04. The van der Waals surface area contributed by atoms with E-state index in [9.17, 15) is 9.18 Å². The molecule has 2 rings (SSSR count). The van der Waals surface area contributed by atoms with Crippen LogP contribution in [0, 0.1) is 5.82 Å². The van der Waals surface area contributed by atoms with E-state index in [0.29, 0.717) is 5.52 Å². The van der Waals surface area contributed by atoms with Crippen molar-refractivity contribution in [1.82, 2.24) is 4.98 Å². The summed E-state index contributed by atoms with van der Waals surface area (Å²) in [7, 11) is 2.63. The van der Waals surface area contributed by atoms with E-state index in [0.717, 1.165) is 0 Å². The number of rotatable bonds is 2. The van der Waals surface area contributed by atoms with E-state index in [1.165, 1.54) is 20.3 Å². The van der Waals surface area contributed by atoms with Crippen molar-refractivity contribution in [3.8, 4) is 5.75 Å². The first kappa shape index (κ1) is 10.5. The van der Waals surface area contributed by atoms with Crippen LogP contribution in [0.4, 0.5) is 4.39 Å². The zero-order valence-corrected chi connectivity index (χ0v) is 8.83. The summed E-state index contributed by atoms with van der Waals surface area (Å²) in [5.41, 5.74) is 0.613. The first-order valence-electron chi connectivity index (χ1n) is 4.61. The van der Waals surface area contributed by atoms with Gasteiger partial charge in [-0.1, -0.05) is 6.07 Å². The topological polar surface area (TPSA) is 51.3 Å². The predicted octanol–water partition coefficient (Wildman–Crippen LogP) is 2.10. The largest absolute Gasteiger partial charge is 0.493 e. The number of carbonyl (C=O) groups excluding carboxylic acids is 1. The summed E-state index contributed by atoms with van der Waals surface area (Å²) in [5.74, 6) is -0.867. The number of nitrogens with one attached hydrogen (secondary N) is 1. The maximum Gasteiger partial charge on any atom is 0.358 e. The number of methoxy groups -OCH3 is 2. The minimum Gasteiger partial charge on any atom is -0.493 e. The third-order valence-corrected chi connectivity index (χ3v) is 2.32. The third kappa shape index (κ3) is 1.41. The van der Waals surface area contributed by atoms with Crippen molar-refractivity contribution < 1.29 is 18.7 Å². The molecule has 0 saturated heterocycles. The average Bonchev–Trinajstić information content (AvgIpc) is 2.68. The summed E-state index contributed by atoms with van der Waals surface area (Å²) in [6, 6.07) is 4.52. The van der Waals surface area contributed by atoms with Gasteiger partial charge in [-0.25, -0.2) is 9.18 Å². The summed E-state index contributed by atoms with van der Waals surface area (Å²) in [4.78, 5) is 14.2. The molecule has 0 amide bonds. The van der Waals surface area contributed by atoms with Gasteiger partial charge in [0.05, 0.1) is 25.1 Å². The van der Waals surface area contributed by atoms with E-state index in [1.807, 2.05) is 0 Å². The van der Waals surface area contributed by atoms with Crippen LogP contribution in [0.25, 0.3) is 10.9 Å². The Morgan fingerprint density at radius 2 is 2.12 bits per heavy atom. The maximum absolute atomic E-state index is 13.6. The third-order valence-electron chi connectivity index (χ3n) is 2.32. The fourth-order valence-electron chi connectivity index (χ4n) is 1.63. The summed E-state index contributed by atoms with van der Waals surface area (Å²) in [6.45, 7) is 0. The number of halogens is 1. The zero-order chi connectivity index (χ0) is 11.7. The smallest absolute Gasteiger partial charge is 0.358 e. The molecule has 0 spiro atoms. The van der Waals surface area contributed by atoms with Crippen LogP contribution in [-0.2, 0) is 4.74 Å². The first-order chi connectivity index (χ1) is 7.69. The van der Waals surface area contributed by atoms with E-state index in [2.05, 4.69) is 9.72 Å². The first-order valence-corrected chi connectivity index (χ1v) is 4.61. The summed E-state index contributed by atoms with van der Waals surface area (Å²) in [6.07, 6.45) is 0. The Balaban J connectivity index is 2.77. The van der Waals surface area contributed by atoms with Crippen LogP contribution in [0.5, 0.6) is 5.75 Å². The lowest BCUT2D eigenvalue weighted by atomic mass is 10.2. The van der Waals surface area contributed by atoms with Crippen LogP contribution in [-0.4, -0.2) is 25.2 Å². The molecule has 0 aliphatic heterocycles. The molecule has 2 aromatic rings. The molecule has 16 heavy (non-hydrogen) atoms. The van der Waals surface area contributed by atoms with Crippen molar-refractivity contribution >= 4 is 16.9 Å². The molecule has 0 unspecified atom stereocenters. The Labute approximate surface area is 91.0 Å². The van der Waals surface area contributed by atoms with Gasteiger partial charge in [-0.3, -0.25) is 0 Å². The monoisotopic (exact) mass is 223 g/mol. The highest BCUT2D eigenvalue weighted by Gasteiger charge is 2.21. The molecule has 1 aromatic heterocycles. The van der Waals surface area contributed by atoms with Crippen molar-refractivity contribution in [3.05, 3.63) is 29.7 Å². The molecule has 1 aromatic carbocycles. The van der Waals surface area contributed by atoms with Gasteiger partial charge in [-0.05, 0) is 12.1 Å². The number of hydrogen-bond acceptors (Lipinski definition) is 3. The fourth-order valence-corrected chi connectivity index (χ4v) is 1.63. The number of fused-ring (bicyclic) bond motifs is 1. The molecule has 4 nitrogen and oxygen atoms in total. The van der Waals surface area contributed by atoms with Crippen molar-refractivity contribution in [1.29, 1.82) is 0 Å². The highest BCUT2D eigenvalue weighted by Crippen LogP contribution is 2.32. The van der Waals surface area contributed by atoms with Crippen LogP contribution in [0.3, 0.4) is 0 Å². The lowest BCUT2D eigenvalue weighted by molar-refractivity contribution is 0.0591. The predicted molar refractivity (Wildman–Crippen MR) is 56.1 cm³/mol. The minimum absolute atomic E-state index is 0.116. The van der Waals surface area contributed by atoms with Crippen molar-refractivity contribution in [2.24, 2.45) is 0 Å². The lowest BCUT2D eigenvalue weighted by Gasteiger charge is -2.01. The second-order valence-corrected chi connectivity index (χ2v) is 3.19. The molecule has 5 heteroatoms. The Bertz CT molecular complexity index is 547. The van der Waals surface area contributed by atoms with Crippen LogP contribution in [0.15, 0.2) is 18.2 Å². The minimum atomic E-state index is -0.590. The lowest BCUT2D eigenvalue weighted by Crippen LogP contribution is -2.03. The van der Waals surface area contributed by atoms with Gasteiger partial charge in [0, 0.05) is 0 Å². The summed E-state index contributed by atoms with van der Waals surface area (Å²) < 4.78 is 23.2. The number of benzene rings is 1. The van der Waals surface area contributed by atoms with Gasteiger partial charge < -0.3 is 14.5 Å². The molecule has 1 N–H and O–H groups in total. The van der Waals surface area contributed by atoms with Gasteiger partial charge in [-0.15, -0.1) is 0 Å². The number of hydrogen-bond donors (Lipinski definition) is 1. The molecule has 0 bridgehead atoms. The van der Waals surface area contributed by atoms with Gasteiger partial charge >= 0.3 is 5.97 Å². The number of esters is 1. The van der Waals surface area contributed by atoms with Crippen LogP contribution in [0.2, 0.25) is 0 Å². The highest BCUT2D eigenvalue weighted by atomic mass is 19.1. The number of aromatic nitrogens is 1. The second kappa shape index (κ2) is 3.84. The van der Waals surface area contributed by atoms with E-state index in [4.69, 9.17) is 4.74 Å². The van der Waals surface area contributed by atoms with Gasteiger partial charge in [0.2, 0.25) is 0 Å². The van der Waals surface area contributed by atoms with Gasteiger partial charge in [0.15, 0.2) is 11.4 Å². The SMILES string of the molecule is COC(=O)c1[nH]c2cccc(F)c2c1OC. The molecule has 0 aliphatic rings. The Kier molecular flexibility index (Phi) is 2.52. The van der Waals surface area contributed by atoms with E-state index in [-0.39, 0.29) is 16.8 Å². The van der Waals surface area contributed by atoms with Crippen molar-refractivity contribution in [2.45, 2.75) is 0 Å². The van der Waals surface area contributed by atoms with Crippen molar-refractivity contribution in [2.75, 3.05) is 14.2 Å². The number of H-pyrrole nitrogens is 1. The number of ether oxygens (including phenoxy) is 2. The van der Waals surface area contributed by atoms with E-state index >= 15 is 0 Å². The van der Waals surface area contributed by atoms with E-state index in [1.54, 1.807) is 12.1 Å². The van der Waals surface area contributed by atoms with Gasteiger partial charge in [0.25, 0.3) is 0 Å². The summed E-state index contributed by atoms with van der Waals surface area (Å²) in [5, 5.41) is 0.255. The molecule has 0 fully saturated rings. The van der Waals surface area contributed by atoms with Crippen LogP contribution in [0.1, 0.15) is 10.5 Å². The number of aromatic amines is 1. The normalized spacial score (nSPS) is 10.4. The van der Waals surface area contributed by atoms with E-state index < -0.39 is 11.8 Å². The molecule has 0 atom stereocenters. The van der Waals surface area contributed by atoms with Gasteiger partial charge in [-0.2, -0.15) is 0 Å².